The molecule has 0 saturated heterocycles. The zero-order valence-corrected chi connectivity index (χ0v) is 9.41. The minimum absolute atomic E-state index is 0.786. The van der Waals surface area contributed by atoms with Gasteiger partial charge in [0.05, 0.1) is 0 Å². The SMILES string of the molecule is CCN(CC1CC1)C1CCCC1CN. The Labute approximate surface area is 87.8 Å². The highest BCUT2D eigenvalue weighted by Crippen LogP contribution is 2.34. The van der Waals surface area contributed by atoms with Crippen molar-refractivity contribution in [3.8, 4) is 0 Å². The van der Waals surface area contributed by atoms with Gasteiger partial charge in [0.25, 0.3) is 0 Å². The third kappa shape index (κ3) is 2.29. The van der Waals surface area contributed by atoms with Gasteiger partial charge in [-0.3, -0.25) is 0 Å². The molecule has 82 valence electrons. The summed E-state index contributed by atoms with van der Waals surface area (Å²) in [6.07, 6.45) is 7.09. The molecule has 2 aliphatic rings. The molecule has 2 saturated carbocycles. The van der Waals surface area contributed by atoms with Gasteiger partial charge in [0.1, 0.15) is 0 Å². The Morgan fingerprint density at radius 2 is 2.00 bits per heavy atom. The number of nitrogens with two attached hydrogens (primary N) is 1. The molecule has 2 N–H and O–H groups in total. The number of rotatable bonds is 5. The molecule has 0 aliphatic heterocycles. The molecule has 2 aliphatic carbocycles. The number of nitrogens with zero attached hydrogens (tertiary/aromatic N) is 1. The molecule has 2 nitrogen and oxygen atoms in total. The van der Waals surface area contributed by atoms with Crippen LogP contribution in [0.3, 0.4) is 0 Å². The standard InChI is InChI=1S/C12H24N2/c1-2-14(9-10-6-7-10)12-5-3-4-11(12)8-13/h10-12H,2-9,13H2,1H3. The quantitative estimate of drug-likeness (QED) is 0.727. The molecule has 2 heteroatoms. The molecular weight excluding hydrogens is 172 g/mol. The largest absolute Gasteiger partial charge is 0.330 e. The third-order valence-corrected chi connectivity index (χ3v) is 3.99. The molecule has 2 rings (SSSR count). The van der Waals surface area contributed by atoms with Crippen LogP contribution in [0, 0.1) is 11.8 Å². The lowest BCUT2D eigenvalue weighted by Gasteiger charge is -2.31. The Balaban J connectivity index is 1.87. The van der Waals surface area contributed by atoms with Crippen LogP contribution in [0.2, 0.25) is 0 Å². The maximum Gasteiger partial charge on any atom is 0.0135 e. The van der Waals surface area contributed by atoms with E-state index in [0.29, 0.717) is 0 Å². The monoisotopic (exact) mass is 196 g/mol. The molecule has 0 amide bonds. The van der Waals surface area contributed by atoms with E-state index in [-0.39, 0.29) is 0 Å². The predicted octanol–water partition coefficient (Wildman–Crippen LogP) is 1.85. The first kappa shape index (κ1) is 10.4. The van der Waals surface area contributed by atoms with E-state index in [4.69, 9.17) is 5.73 Å². The van der Waals surface area contributed by atoms with Crippen molar-refractivity contribution in [1.29, 1.82) is 0 Å². The highest BCUT2D eigenvalue weighted by molar-refractivity contribution is 4.88. The predicted molar refractivity (Wildman–Crippen MR) is 60.2 cm³/mol. The summed E-state index contributed by atoms with van der Waals surface area (Å²) in [5.41, 5.74) is 5.84. The summed E-state index contributed by atoms with van der Waals surface area (Å²) in [6.45, 7) is 5.76. The van der Waals surface area contributed by atoms with Crippen LogP contribution in [0.1, 0.15) is 39.0 Å². The minimum atomic E-state index is 0.786. The number of hydrogen-bond acceptors (Lipinski definition) is 2. The van der Waals surface area contributed by atoms with E-state index in [9.17, 15) is 0 Å². The molecule has 0 radical (unpaired) electrons. The lowest BCUT2D eigenvalue weighted by molar-refractivity contribution is 0.163. The average Bonchev–Trinajstić information content (AvgIpc) is 2.90. The van der Waals surface area contributed by atoms with E-state index >= 15 is 0 Å². The summed E-state index contributed by atoms with van der Waals surface area (Å²) in [5, 5.41) is 0. The number of hydrogen-bond donors (Lipinski definition) is 1. The lowest BCUT2D eigenvalue weighted by Crippen LogP contribution is -2.41. The van der Waals surface area contributed by atoms with Crippen LogP contribution >= 0.6 is 0 Å². The summed E-state index contributed by atoms with van der Waals surface area (Å²) in [4.78, 5) is 2.70. The normalized spacial score (nSPS) is 32.8. The van der Waals surface area contributed by atoms with Crippen LogP contribution in [-0.4, -0.2) is 30.6 Å². The first-order valence-electron chi connectivity index (χ1n) is 6.29. The van der Waals surface area contributed by atoms with Crippen LogP contribution in [-0.2, 0) is 0 Å². The Morgan fingerprint density at radius 3 is 2.57 bits per heavy atom. The van der Waals surface area contributed by atoms with Gasteiger partial charge in [-0.05, 0) is 50.6 Å². The van der Waals surface area contributed by atoms with Crippen LogP contribution < -0.4 is 5.73 Å². The van der Waals surface area contributed by atoms with Crippen molar-refractivity contribution in [2.75, 3.05) is 19.6 Å². The van der Waals surface area contributed by atoms with Crippen LogP contribution in [0.4, 0.5) is 0 Å². The van der Waals surface area contributed by atoms with E-state index in [1.807, 2.05) is 0 Å². The fourth-order valence-corrected chi connectivity index (χ4v) is 2.90. The Hall–Kier alpha value is -0.0800. The van der Waals surface area contributed by atoms with Crippen molar-refractivity contribution in [3.05, 3.63) is 0 Å². The molecule has 0 aromatic carbocycles. The van der Waals surface area contributed by atoms with Gasteiger partial charge in [0.2, 0.25) is 0 Å². The minimum Gasteiger partial charge on any atom is -0.330 e. The average molecular weight is 196 g/mol. The van der Waals surface area contributed by atoms with Gasteiger partial charge in [-0.15, -0.1) is 0 Å². The van der Waals surface area contributed by atoms with Gasteiger partial charge in [0.15, 0.2) is 0 Å². The molecule has 14 heavy (non-hydrogen) atoms. The van der Waals surface area contributed by atoms with Crippen LogP contribution in [0.5, 0.6) is 0 Å². The Bertz CT molecular complexity index is 177. The van der Waals surface area contributed by atoms with E-state index in [2.05, 4.69) is 11.8 Å². The Kier molecular flexibility index (Phi) is 3.45. The maximum absolute atomic E-state index is 5.84. The van der Waals surface area contributed by atoms with Gasteiger partial charge in [0, 0.05) is 12.6 Å². The zero-order chi connectivity index (χ0) is 9.97. The second-order valence-corrected chi connectivity index (χ2v) is 5.02. The van der Waals surface area contributed by atoms with Gasteiger partial charge < -0.3 is 10.6 Å². The van der Waals surface area contributed by atoms with E-state index in [0.717, 1.165) is 24.4 Å². The van der Waals surface area contributed by atoms with E-state index < -0.39 is 0 Å². The third-order valence-electron chi connectivity index (χ3n) is 3.99. The summed E-state index contributed by atoms with van der Waals surface area (Å²) in [7, 11) is 0. The zero-order valence-electron chi connectivity index (χ0n) is 9.41. The molecule has 0 heterocycles. The summed E-state index contributed by atoms with van der Waals surface area (Å²) in [5.74, 6) is 1.81. The summed E-state index contributed by atoms with van der Waals surface area (Å²) < 4.78 is 0. The molecule has 2 unspecified atom stereocenters. The highest BCUT2D eigenvalue weighted by Gasteiger charge is 2.33. The molecule has 0 bridgehead atoms. The molecule has 0 aromatic heterocycles. The highest BCUT2D eigenvalue weighted by atomic mass is 15.2. The van der Waals surface area contributed by atoms with Gasteiger partial charge in [-0.2, -0.15) is 0 Å². The van der Waals surface area contributed by atoms with Crippen molar-refractivity contribution in [3.63, 3.8) is 0 Å². The molecule has 2 fully saturated rings. The maximum atomic E-state index is 5.84. The Morgan fingerprint density at radius 1 is 1.21 bits per heavy atom. The van der Waals surface area contributed by atoms with Crippen molar-refractivity contribution in [2.45, 2.75) is 45.1 Å². The fourth-order valence-electron chi connectivity index (χ4n) is 2.90. The van der Waals surface area contributed by atoms with Crippen LogP contribution in [0.25, 0.3) is 0 Å². The van der Waals surface area contributed by atoms with E-state index in [1.54, 1.807) is 0 Å². The van der Waals surface area contributed by atoms with Crippen molar-refractivity contribution < 1.29 is 0 Å². The molecule has 0 aromatic rings. The topological polar surface area (TPSA) is 29.3 Å². The first-order chi connectivity index (χ1) is 6.85. The van der Waals surface area contributed by atoms with Gasteiger partial charge in [-0.1, -0.05) is 13.3 Å². The molecular formula is C12H24N2. The van der Waals surface area contributed by atoms with Gasteiger partial charge in [-0.25, -0.2) is 0 Å². The fraction of sp³-hybridized carbons (Fsp3) is 1.00. The lowest BCUT2D eigenvalue weighted by atomic mass is 10.0. The van der Waals surface area contributed by atoms with Crippen LogP contribution in [0.15, 0.2) is 0 Å². The van der Waals surface area contributed by atoms with Crippen molar-refractivity contribution in [1.82, 2.24) is 4.90 Å². The van der Waals surface area contributed by atoms with Gasteiger partial charge >= 0.3 is 0 Å². The second kappa shape index (κ2) is 4.63. The van der Waals surface area contributed by atoms with Crippen molar-refractivity contribution >= 4 is 0 Å². The van der Waals surface area contributed by atoms with E-state index in [1.165, 1.54) is 45.2 Å². The smallest absolute Gasteiger partial charge is 0.0135 e. The first-order valence-corrected chi connectivity index (χ1v) is 6.29. The summed E-state index contributed by atoms with van der Waals surface area (Å²) in [6, 6.07) is 0.811. The summed E-state index contributed by atoms with van der Waals surface area (Å²) >= 11 is 0. The molecule has 2 atom stereocenters. The molecule has 0 spiro atoms. The second-order valence-electron chi connectivity index (χ2n) is 5.02. The van der Waals surface area contributed by atoms with Crippen molar-refractivity contribution in [2.24, 2.45) is 17.6 Å².